The molecule has 0 aromatic carbocycles. The Morgan fingerprint density at radius 3 is 2.17 bits per heavy atom. The Morgan fingerprint density at radius 1 is 1.67 bits per heavy atom. The summed E-state index contributed by atoms with van der Waals surface area (Å²) in [5, 5.41) is 0. The fraction of sp³-hybridized carbons (Fsp3) is 1.00. The summed E-state index contributed by atoms with van der Waals surface area (Å²) in [5.74, 6) is 0.213. The molecule has 0 spiro atoms. The molecule has 0 fully saturated rings. The van der Waals surface area contributed by atoms with E-state index in [2.05, 4.69) is 0 Å². The van der Waals surface area contributed by atoms with E-state index in [-0.39, 0.29) is 5.82 Å². The van der Waals surface area contributed by atoms with Gasteiger partial charge in [-0.3, -0.25) is 0 Å². The van der Waals surface area contributed by atoms with Crippen molar-refractivity contribution in [3.05, 3.63) is 0 Å². The van der Waals surface area contributed by atoms with Gasteiger partial charge in [-0.15, -0.1) is 0 Å². The molecule has 0 saturated carbocycles. The van der Waals surface area contributed by atoms with Crippen LogP contribution in [0.4, 0.5) is 0 Å². The molecule has 0 aliphatic heterocycles. The van der Waals surface area contributed by atoms with Crippen molar-refractivity contribution in [1.29, 1.82) is 0 Å². The average molecular weight is 77.7 g/mol. The molecular weight excluding hydrogens is 69.7 g/mol. The van der Waals surface area contributed by atoms with Gasteiger partial charge in [0, 0.05) is 0 Å². The van der Waals surface area contributed by atoms with Gasteiger partial charge in [0.05, 0.1) is 15.7 Å². The first-order chi connectivity index (χ1) is 2.81. The van der Waals surface area contributed by atoms with Crippen molar-refractivity contribution in [1.82, 2.24) is 0 Å². The highest BCUT2D eigenvalue weighted by Crippen LogP contribution is 2.05. The summed E-state index contributed by atoms with van der Waals surface area (Å²) in [6.45, 7) is 2.03. The lowest BCUT2D eigenvalue weighted by atomic mass is 9.75. The van der Waals surface area contributed by atoms with Crippen molar-refractivity contribution < 1.29 is 0 Å². The molecule has 0 aromatic rings. The maximum Gasteiger partial charge on any atom is 0.0689 e. The van der Waals surface area contributed by atoms with Gasteiger partial charge < -0.3 is 0 Å². The van der Waals surface area contributed by atoms with Crippen LogP contribution in [0.15, 0.2) is 0 Å². The molecule has 4 radical (unpaired) electrons. The van der Waals surface area contributed by atoms with E-state index in [0.717, 1.165) is 6.42 Å². The first kappa shape index (κ1) is 6.13. The Bertz CT molecular complexity index is 24.7. The number of rotatable bonds is 2. The summed E-state index contributed by atoms with van der Waals surface area (Å²) in [6, 6.07) is 0. The highest BCUT2D eigenvalue weighted by atomic mass is 13.8. The van der Waals surface area contributed by atoms with Gasteiger partial charge in [0.1, 0.15) is 0 Å². The van der Waals surface area contributed by atoms with Gasteiger partial charge in [0.25, 0.3) is 0 Å². The third kappa shape index (κ3) is 2.37. The first-order valence-corrected chi connectivity index (χ1v) is 2.27. The Labute approximate surface area is 42.1 Å². The molecule has 1 atom stereocenters. The van der Waals surface area contributed by atoms with E-state index in [4.69, 9.17) is 15.7 Å². The monoisotopic (exact) mass is 78.1 g/mol. The standard InChI is InChI=1S/C4H8B2/c1-2-4(6)3-5/h4H,2-3H2,1H3. The minimum atomic E-state index is 0.213. The van der Waals surface area contributed by atoms with Crippen LogP contribution in [0.3, 0.4) is 0 Å². The normalized spacial score (nSPS) is 14.2. The molecule has 0 aromatic heterocycles. The van der Waals surface area contributed by atoms with Gasteiger partial charge in [0.2, 0.25) is 0 Å². The fourth-order valence-corrected chi connectivity index (χ4v) is 0.167. The Kier molecular flexibility index (Phi) is 3.40. The van der Waals surface area contributed by atoms with Crippen LogP contribution < -0.4 is 0 Å². The van der Waals surface area contributed by atoms with E-state index in [1.54, 1.807) is 0 Å². The summed E-state index contributed by atoms with van der Waals surface area (Å²) in [5.41, 5.74) is 0. The van der Waals surface area contributed by atoms with Crippen molar-refractivity contribution in [3.63, 3.8) is 0 Å². The van der Waals surface area contributed by atoms with E-state index in [9.17, 15) is 0 Å². The second-order valence-electron chi connectivity index (χ2n) is 1.40. The van der Waals surface area contributed by atoms with Crippen LogP contribution in [0.2, 0.25) is 12.1 Å². The maximum atomic E-state index is 5.35. The topological polar surface area (TPSA) is 0 Å². The van der Waals surface area contributed by atoms with Crippen molar-refractivity contribution in [2.24, 2.45) is 0 Å². The van der Waals surface area contributed by atoms with E-state index >= 15 is 0 Å². The number of hydrogen-bond donors (Lipinski definition) is 0. The molecule has 0 bridgehead atoms. The Hall–Kier alpha value is 0.130. The van der Waals surface area contributed by atoms with Gasteiger partial charge >= 0.3 is 0 Å². The van der Waals surface area contributed by atoms with Crippen LogP contribution in [0.1, 0.15) is 13.3 Å². The van der Waals surface area contributed by atoms with Gasteiger partial charge in [-0.25, -0.2) is 0 Å². The van der Waals surface area contributed by atoms with Crippen LogP contribution in [0, 0.1) is 0 Å². The molecule has 2 heteroatoms. The predicted molar refractivity (Wildman–Crippen MR) is 30.4 cm³/mol. The lowest BCUT2D eigenvalue weighted by molar-refractivity contribution is 0.878. The summed E-state index contributed by atoms with van der Waals surface area (Å²) in [7, 11) is 10.5. The molecule has 6 heavy (non-hydrogen) atoms. The van der Waals surface area contributed by atoms with Crippen molar-refractivity contribution >= 4 is 15.7 Å². The number of hydrogen-bond acceptors (Lipinski definition) is 0. The zero-order valence-corrected chi connectivity index (χ0v) is 4.15. The van der Waals surface area contributed by atoms with E-state index in [1.165, 1.54) is 0 Å². The van der Waals surface area contributed by atoms with Gasteiger partial charge in [-0.2, -0.15) is 0 Å². The Morgan fingerprint density at radius 2 is 2.17 bits per heavy atom. The van der Waals surface area contributed by atoms with Crippen LogP contribution in [-0.2, 0) is 0 Å². The van der Waals surface area contributed by atoms with Gasteiger partial charge in [-0.1, -0.05) is 25.5 Å². The highest BCUT2D eigenvalue weighted by Gasteiger charge is 1.88. The zero-order valence-electron chi connectivity index (χ0n) is 4.15. The lowest BCUT2D eigenvalue weighted by Crippen LogP contribution is -1.85. The molecule has 0 aliphatic carbocycles. The van der Waals surface area contributed by atoms with Crippen LogP contribution in [0.25, 0.3) is 0 Å². The molecule has 0 nitrogen and oxygen atoms in total. The molecule has 1 unspecified atom stereocenters. The first-order valence-electron chi connectivity index (χ1n) is 2.27. The summed E-state index contributed by atoms with van der Waals surface area (Å²) < 4.78 is 0. The maximum absolute atomic E-state index is 5.35. The molecular formula is C4H8B2. The SMILES string of the molecule is [B]CC([B])CC. The van der Waals surface area contributed by atoms with Gasteiger partial charge in [0.15, 0.2) is 0 Å². The fourth-order valence-electron chi connectivity index (χ4n) is 0.167. The molecule has 0 rings (SSSR count). The smallest absolute Gasteiger partial charge is 0.0689 e. The van der Waals surface area contributed by atoms with Crippen LogP contribution in [0.5, 0.6) is 0 Å². The molecule has 0 saturated heterocycles. The van der Waals surface area contributed by atoms with E-state index in [0.29, 0.717) is 6.32 Å². The van der Waals surface area contributed by atoms with Gasteiger partial charge in [-0.05, 0) is 0 Å². The van der Waals surface area contributed by atoms with E-state index < -0.39 is 0 Å². The lowest BCUT2D eigenvalue weighted by Gasteiger charge is -1.99. The third-order valence-electron chi connectivity index (χ3n) is 0.827. The second kappa shape index (κ2) is 3.32. The largest absolute Gasteiger partial charge is 0.0935 e. The summed E-state index contributed by atoms with van der Waals surface area (Å²) in [4.78, 5) is 0. The molecule has 30 valence electrons. The molecule has 0 heterocycles. The predicted octanol–water partition coefficient (Wildman–Crippen LogP) is 0.940. The molecule has 0 aliphatic rings. The molecule has 0 N–H and O–H groups in total. The zero-order chi connectivity index (χ0) is 4.99. The van der Waals surface area contributed by atoms with Crippen molar-refractivity contribution in [2.45, 2.75) is 25.5 Å². The second-order valence-corrected chi connectivity index (χ2v) is 1.40. The molecule has 0 amide bonds. The Balaban J connectivity index is 2.75. The minimum absolute atomic E-state index is 0.213. The summed E-state index contributed by atoms with van der Waals surface area (Å²) >= 11 is 0. The quantitative estimate of drug-likeness (QED) is 0.431. The third-order valence-corrected chi connectivity index (χ3v) is 0.827. The van der Waals surface area contributed by atoms with Crippen LogP contribution in [-0.4, -0.2) is 15.7 Å². The minimum Gasteiger partial charge on any atom is -0.0935 e. The van der Waals surface area contributed by atoms with Crippen molar-refractivity contribution in [2.75, 3.05) is 0 Å². The average Bonchev–Trinajstić information content (AvgIpc) is 1.65. The van der Waals surface area contributed by atoms with Crippen LogP contribution >= 0.6 is 0 Å². The van der Waals surface area contributed by atoms with E-state index in [1.807, 2.05) is 6.92 Å². The highest BCUT2D eigenvalue weighted by molar-refractivity contribution is 6.18. The summed E-state index contributed by atoms with van der Waals surface area (Å²) in [6.07, 6.45) is 1.59. The van der Waals surface area contributed by atoms with Crippen molar-refractivity contribution in [3.8, 4) is 0 Å².